The molecule has 130 valence electrons. The van der Waals surface area contributed by atoms with Crippen molar-refractivity contribution < 1.29 is 4.79 Å². The van der Waals surface area contributed by atoms with Crippen LogP contribution in [0.5, 0.6) is 0 Å². The van der Waals surface area contributed by atoms with Crippen LogP contribution >= 0.6 is 11.3 Å². The van der Waals surface area contributed by atoms with Crippen molar-refractivity contribution in [1.29, 1.82) is 0 Å². The summed E-state index contributed by atoms with van der Waals surface area (Å²) in [5, 5.41) is 3.64. The molecule has 0 atom stereocenters. The predicted octanol–water partition coefficient (Wildman–Crippen LogP) is 5.81. The monoisotopic (exact) mass is 344 g/mol. The summed E-state index contributed by atoms with van der Waals surface area (Å²) in [7, 11) is 0. The zero-order valence-corrected chi connectivity index (χ0v) is 15.4. The van der Waals surface area contributed by atoms with Crippen molar-refractivity contribution in [3.05, 3.63) is 47.0 Å². The molecule has 1 heterocycles. The van der Waals surface area contributed by atoms with Gasteiger partial charge in [-0.25, -0.2) is 4.98 Å². The molecule has 2 aromatic rings. The SMILES string of the molecule is CCCCCCCCCC(=O)Nc1ncc(Cc2ccccc2)s1. The van der Waals surface area contributed by atoms with Gasteiger partial charge in [0.15, 0.2) is 5.13 Å². The summed E-state index contributed by atoms with van der Waals surface area (Å²) in [6.45, 7) is 2.23. The van der Waals surface area contributed by atoms with Gasteiger partial charge in [-0.15, -0.1) is 11.3 Å². The minimum atomic E-state index is 0.0872. The van der Waals surface area contributed by atoms with E-state index in [2.05, 4.69) is 29.4 Å². The van der Waals surface area contributed by atoms with Gasteiger partial charge >= 0.3 is 0 Å². The van der Waals surface area contributed by atoms with E-state index in [1.165, 1.54) is 42.5 Å². The van der Waals surface area contributed by atoms with E-state index < -0.39 is 0 Å². The third-order valence-corrected chi connectivity index (χ3v) is 4.94. The van der Waals surface area contributed by atoms with Crippen LogP contribution < -0.4 is 5.32 Å². The summed E-state index contributed by atoms with van der Waals surface area (Å²) in [4.78, 5) is 17.5. The van der Waals surface area contributed by atoms with Crippen LogP contribution in [0.2, 0.25) is 0 Å². The number of rotatable bonds is 11. The number of unbranched alkanes of at least 4 members (excludes halogenated alkanes) is 6. The van der Waals surface area contributed by atoms with Gasteiger partial charge in [0.25, 0.3) is 0 Å². The minimum Gasteiger partial charge on any atom is -0.302 e. The van der Waals surface area contributed by atoms with Crippen LogP contribution in [0.3, 0.4) is 0 Å². The normalized spacial score (nSPS) is 10.7. The highest BCUT2D eigenvalue weighted by Gasteiger charge is 2.07. The van der Waals surface area contributed by atoms with Crippen LogP contribution in [-0.2, 0) is 11.2 Å². The number of amides is 1. The average molecular weight is 345 g/mol. The zero-order valence-electron chi connectivity index (χ0n) is 14.6. The number of aromatic nitrogens is 1. The summed E-state index contributed by atoms with van der Waals surface area (Å²) in [5.74, 6) is 0.0872. The van der Waals surface area contributed by atoms with Gasteiger partial charge in [0.1, 0.15) is 0 Å². The molecule has 0 spiro atoms. The van der Waals surface area contributed by atoms with Crippen LogP contribution in [0.15, 0.2) is 36.5 Å². The summed E-state index contributed by atoms with van der Waals surface area (Å²) in [6, 6.07) is 10.3. The third kappa shape index (κ3) is 7.26. The summed E-state index contributed by atoms with van der Waals surface area (Å²) < 4.78 is 0. The molecule has 2 rings (SSSR count). The molecule has 0 bridgehead atoms. The lowest BCUT2D eigenvalue weighted by Gasteiger charge is -2.02. The maximum atomic E-state index is 12.0. The maximum Gasteiger partial charge on any atom is 0.226 e. The fraction of sp³-hybridized carbons (Fsp3) is 0.500. The molecule has 0 radical (unpaired) electrons. The van der Waals surface area contributed by atoms with Crippen molar-refractivity contribution in [2.24, 2.45) is 0 Å². The molecule has 0 aliphatic carbocycles. The number of nitrogens with zero attached hydrogens (tertiary/aromatic N) is 1. The Balaban J connectivity index is 1.64. The first-order chi connectivity index (χ1) is 11.8. The van der Waals surface area contributed by atoms with E-state index in [-0.39, 0.29) is 5.91 Å². The van der Waals surface area contributed by atoms with Gasteiger partial charge in [0, 0.05) is 23.9 Å². The largest absolute Gasteiger partial charge is 0.302 e. The highest BCUT2D eigenvalue weighted by atomic mass is 32.1. The molecule has 1 aromatic heterocycles. The van der Waals surface area contributed by atoms with E-state index in [4.69, 9.17) is 0 Å². The predicted molar refractivity (Wildman–Crippen MR) is 103 cm³/mol. The Labute approximate surface area is 149 Å². The first-order valence-corrected chi connectivity index (χ1v) is 9.88. The molecule has 0 aliphatic rings. The lowest BCUT2D eigenvalue weighted by molar-refractivity contribution is -0.116. The van der Waals surface area contributed by atoms with Gasteiger partial charge in [0.05, 0.1) is 0 Å². The van der Waals surface area contributed by atoms with Gasteiger partial charge in [-0.1, -0.05) is 75.8 Å². The number of hydrogen-bond acceptors (Lipinski definition) is 3. The van der Waals surface area contributed by atoms with Gasteiger partial charge in [-0.2, -0.15) is 0 Å². The Morgan fingerprint density at radius 2 is 1.75 bits per heavy atom. The molecule has 0 saturated carbocycles. The topological polar surface area (TPSA) is 42.0 Å². The van der Waals surface area contributed by atoms with Crippen molar-refractivity contribution in [1.82, 2.24) is 4.98 Å². The van der Waals surface area contributed by atoms with E-state index in [1.54, 1.807) is 11.3 Å². The molecule has 0 aliphatic heterocycles. The second kappa shape index (κ2) is 11.0. The number of hydrogen-bond donors (Lipinski definition) is 1. The summed E-state index contributed by atoms with van der Waals surface area (Å²) in [5.41, 5.74) is 1.27. The number of nitrogens with one attached hydrogen (secondary N) is 1. The van der Waals surface area contributed by atoms with Crippen molar-refractivity contribution in [2.45, 2.75) is 64.7 Å². The van der Waals surface area contributed by atoms with Crippen LogP contribution in [0.25, 0.3) is 0 Å². The molecule has 4 heteroatoms. The van der Waals surface area contributed by atoms with Crippen LogP contribution in [0.4, 0.5) is 5.13 Å². The second-order valence-electron chi connectivity index (χ2n) is 6.21. The number of carbonyl (C=O) groups excluding carboxylic acids is 1. The number of carbonyl (C=O) groups is 1. The fourth-order valence-corrected chi connectivity index (χ4v) is 3.53. The van der Waals surface area contributed by atoms with E-state index >= 15 is 0 Å². The Kier molecular flexibility index (Phi) is 8.53. The molecule has 24 heavy (non-hydrogen) atoms. The Bertz CT molecular complexity index is 595. The Morgan fingerprint density at radius 3 is 2.50 bits per heavy atom. The van der Waals surface area contributed by atoms with Crippen LogP contribution in [-0.4, -0.2) is 10.9 Å². The van der Waals surface area contributed by atoms with Gasteiger partial charge in [-0.3, -0.25) is 4.79 Å². The Hall–Kier alpha value is -1.68. The number of thiazole rings is 1. The molecular formula is C20H28N2OS. The van der Waals surface area contributed by atoms with Crippen molar-refractivity contribution in [3.8, 4) is 0 Å². The standard InChI is InChI=1S/C20H28N2OS/c1-2-3-4-5-6-7-11-14-19(23)22-20-21-16-18(24-20)15-17-12-9-8-10-13-17/h8-10,12-13,16H,2-7,11,14-15H2,1H3,(H,21,22,23). The molecule has 1 aromatic carbocycles. The van der Waals surface area contributed by atoms with Crippen LogP contribution in [0.1, 0.15) is 68.7 Å². The maximum absolute atomic E-state index is 12.0. The molecular weight excluding hydrogens is 316 g/mol. The van der Waals surface area contributed by atoms with E-state index in [1.807, 2.05) is 24.4 Å². The third-order valence-electron chi connectivity index (χ3n) is 4.03. The summed E-state index contributed by atoms with van der Waals surface area (Å²) >= 11 is 1.57. The highest BCUT2D eigenvalue weighted by molar-refractivity contribution is 7.15. The van der Waals surface area contributed by atoms with Crippen molar-refractivity contribution in [2.75, 3.05) is 5.32 Å². The molecule has 1 amide bonds. The average Bonchev–Trinajstić information content (AvgIpc) is 3.02. The van der Waals surface area contributed by atoms with Gasteiger partial charge in [0.2, 0.25) is 5.91 Å². The van der Waals surface area contributed by atoms with Gasteiger partial charge in [-0.05, 0) is 12.0 Å². The zero-order chi connectivity index (χ0) is 17.0. The van der Waals surface area contributed by atoms with Crippen LogP contribution in [0, 0.1) is 0 Å². The lowest BCUT2D eigenvalue weighted by atomic mass is 10.1. The van der Waals surface area contributed by atoms with E-state index in [0.29, 0.717) is 11.6 Å². The molecule has 1 N–H and O–H groups in total. The number of anilines is 1. The molecule has 0 fully saturated rings. The first-order valence-electron chi connectivity index (χ1n) is 9.06. The lowest BCUT2D eigenvalue weighted by Crippen LogP contribution is -2.10. The van der Waals surface area contributed by atoms with E-state index in [0.717, 1.165) is 19.3 Å². The fourth-order valence-electron chi connectivity index (χ4n) is 2.67. The van der Waals surface area contributed by atoms with Crippen molar-refractivity contribution >= 4 is 22.4 Å². The van der Waals surface area contributed by atoms with Crippen molar-refractivity contribution in [3.63, 3.8) is 0 Å². The Morgan fingerprint density at radius 1 is 1.04 bits per heavy atom. The molecule has 0 unspecified atom stereocenters. The van der Waals surface area contributed by atoms with E-state index in [9.17, 15) is 4.79 Å². The summed E-state index contributed by atoms with van der Waals surface area (Å²) in [6.07, 6.45) is 11.9. The second-order valence-corrected chi connectivity index (χ2v) is 7.33. The molecule has 0 saturated heterocycles. The number of benzene rings is 1. The molecule has 3 nitrogen and oxygen atoms in total. The van der Waals surface area contributed by atoms with Gasteiger partial charge < -0.3 is 5.32 Å². The highest BCUT2D eigenvalue weighted by Crippen LogP contribution is 2.21. The first kappa shape index (κ1) is 18.7. The minimum absolute atomic E-state index is 0.0872. The smallest absolute Gasteiger partial charge is 0.226 e. The quantitative estimate of drug-likeness (QED) is 0.522.